The molecule has 2 saturated heterocycles. The molecule has 0 aliphatic carbocycles. The summed E-state index contributed by atoms with van der Waals surface area (Å²) in [4.78, 5) is 27.9. The fourth-order valence-corrected chi connectivity index (χ4v) is 7.54. The Balaban J connectivity index is 1.92. The van der Waals surface area contributed by atoms with E-state index in [9.17, 15) is 18.0 Å². The zero-order valence-corrected chi connectivity index (χ0v) is 22.8. The van der Waals surface area contributed by atoms with E-state index in [1.54, 1.807) is 36.4 Å². The predicted molar refractivity (Wildman–Crippen MR) is 136 cm³/mol. The lowest BCUT2D eigenvalue weighted by Crippen LogP contribution is -2.80. The van der Waals surface area contributed by atoms with Crippen LogP contribution < -0.4 is 10.1 Å². The van der Waals surface area contributed by atoms with E-state index < -0.39 is 26.8 Å². The van der Waals surface area contributed by atoms with Crippen LogP contribution in [0.1, 0.15) is 25.8 Å². The van der Waals surface area contributed by atoms with Gasteiger partial charge in [-0.1, -0.05) is 39.7 Å². The van der Waals surface area contributed by atoms with Crippen molar-refractivity contribution in [2.45, 2.75) is 48.7 Å². The van der Waals surface area contributed by atoms with Gasteiger partial charge in [0.2, 0.25) is 26.6 Å². The highest BCUT2D eigenvalue weighted by Crippen LogP contribution is 2.41. The molecule has 2 amide bonds. The molecule has 0 radical (unpaired) electrons. The number of ether oxygens (including phenoxy) is 1. The summed E-state index contributed by atoms with van der Waals surface area (Å²) in [6, 6.07) is 10.4. The van der Waals surface area contributed by atoms with Crippen LogP contribution in [0, 0.1) is 0 Å². The fraction of sp³-hybridized carbons (Fsp3) is 0.417. The number of nitrogens with one attached hydrogen (secondary N) is 1. The molecular formula is C24H27BrClN3O5S. The standard InChI is InChI=1S/C24H27BrClN3O5S/c1-15(2)28-14-24(35(32,33)21-13-17(25)6-9-20(21)34-3)27-11-10-22(30)29(24)19(23(28)31)12-16-4-7-18(26)8-5-16/h4-9,13,15,19,27H,10-12,14H2,1-3H3. The van der Waals surface area contributed by atoms with Crippen molar-refractivity contribution in [1.29, 1.82) is 0 Å². The van der Waals surface area contributed by atoms with Crippen molar-refractivity contribution in [2.24, 2.45) is 0 Å². The molecule has 2 aliphatic rings. The Kier molecular flexibility index (Phi) is 7.21. The van der Waals surface area contributed by atoms with Crippen LogP contribution in [-0.4, -0.2) is 67.3 Å². The average Bonchev–Trinajstić information content (AvgIpc) is 2.81. The minimum absolute atomic E-state index is 0.0649. The smallest absolute Gasteiger partial charge is 0.246 e. The van der Waals surface area contributed by atoms with Crippen molar-refractivity contribution in [3.63, 3.8) is 0 Å². The highest BCUT2D eigenvalue weighted by molar-refractivity contribution is 9.10. The van der Waals surface area contributed by atoms with E-state index in [2.05, 4.69) is 21.2 Å². The molecular weight excluding hydrogens is 558 g/mol. The SMILES string of the molecule is COc1ccc(Br)cc1S(=O)(=O)C12CN(C(C)C)C(=O)C(Cc3ccc(Cl)cc3)N1C(=O)CCN2. The molecule has 188 valence electrons. The monoisotopic (exact) mass is 583 g/mol. The maximum absolute atomic E-state index is 14.4. The van der Waals surface area contributed by atoms with E-state index in [0.717, 1.165) is 5.56 Å². The van der Waals surface area contributed by atoms with E-state index in [1.165, 1.54) is 23.0 Å². The summed E-state index contributed by atoms with van der Waals surface area (Å²) in [6.45, 7) is 3.62. The normalized spacial score (nSPS) is 23.0. The second-order valence-electron chi connectivity index (χ2n) is 8.93. The van der Waals surface area contributed by atoms with Crippen LogP contribution in [0.2, 0.25) is 5.02 Å². The van der Waals surface area contributed by atoms with Gasteiger partial charge in [0.25, 0.3) is 0 Å². The topological polar surface area (TPSA) is 96.0 Å². The number of halogens is 2. The Morgan fingerprint density at radius 1 is 1.20 bits per heavy atom. The van der Waals surface area contributed by atoms with E-state index in [0.29, 0.717) is 9.50 Å². The average molecular weight is 585 g/mol. The highest BCUT2D eigenvalue weighted by Gasteiger charge is 2.62. The van der Waals surface area contributed by atoms with Crippen LogP contribution in [0.25, 0.3) is 0 Å². The number of hydrogen-bond acceptors (Lipinski definition) is 6. The molecule has 8 nitrogen and oxygen atoms in total. The van der Waals surface area contributed by atoms with Crippen LogP contribution in [0.15, 0.2) is 51.8 Å². The van der Waals surface area contributed by atoms with E-state index in [-0.39, 0.29) is 48.5 Å². The van der Waals surface area contributed by atoms with Gasteiger partial charge in [-0.05, 0) is 49.7 Å². The lowest BCUT2D eigenvalue weighted by Gasteiger charge is -2.56. The first-order chi connectivity index (χ1) is 16.5. The molecule has 2 aromatic carbocycles. The third-order valence-corrected chi connectivity index (χ3v) is 9.49. The van der Waals surface area contributed by atoms with Crippen molar-refractivity contribution in [1.82, 2.24) is 15.1 Å². The molecule has 2 fully saturated rings. The van der Waals surface area contributed by atoms with Crippen molar-refractivity contribution in [3.8, 4) is 5.75 Å². The molecule has 2 aliphatic heterocycles. The molecule has 0 saturated carbocycles. The van der Waals surface area contributed by atoms with Crippen molar-refractivity contribution in [2.75, 3.05) is 20.2 Å². The Morgan fingerprint density at radius 3 is 2.51 bits per heavy atom. The molecule has 2 aromatic rings. The van der Waals surface area contributed by atoms with Gasteiger partial charge in [-0.3, -0.25) is 19.8 Å². The second kappa shape index (κ2) is 9.72. The van der Waals surface area contributed by atoms with Gasteiger partial charge in [-0.15, -0.1) is 0 Å². The number of fused-ring (bicyclic) bond motifs is 1. The Morgan fingerprint density at radius 2 is 1.89 bits per heavy atom. The quantitative estimate of drug-likeness (QED) is 0.560. The number of amides is 2. The van der Waals surface area contributed by atoms with Gasteiger partial charge in [0.05, 0.1) is 13.7 Å². The van der Waals surface area contributed by atoms with Crippen LogP contribution in [0.4, 0.5) is 0 Å². The molecule has 4 rings (SSSR count). The summed E-state index contributed by atoms with van der Waals surface area (Å²) in [7, 11) is -2.89. The summed E-state index contributed by atoms with van der Waals surface area (Å²) in [5.74, 6) is -0.527. The Labute approximate surface area is 218 Å². The van der Waals surface area contributed by atoms with Crippen molar-refractivity contribution >= 4 is 49.2 Å². The molecule has 35 heavy (non-hydrogen) atoms. The van der Waals surface area contributed by atoms with Gasteiger partial charge in [0.1, 0.15) is 16.7 Å². The van der Waals surface area contributed by atoms with Crippen LogP contribution in [-0.2, 0) is 25.8 Å². The second-order valence-corrected chi connectivity index (χ2v) is 12.4. The maximum atomic E-state index is 14.4. The summed E-state index contributed by atoms with van der Waals surface area (Å²) < 4.78 is 34.8. The fourth-order valence-electron chi connectivity index (χ4n) is 4.75. The van der Waals surface area contributed by atoms with Crippen molar-refractivity contribution < 1.29 is 22.7 Å². The molecule has 0 spiro atoms. The minimum Gasteiger partial charge on any atom is -0.495 e. The molecule has 0 aromatic heterocycles. The zero-order valence-electron chi connectivity index (χ0n) is 19.6. The molecule has 2 unspecified atom stereocenters. The molecule has 1 N–H and O–H groups in total. The number of carbonyl (C=O) groups excluding carboxylic acids is 2. The number of carbonyl (C=O) groups is 2. The summed E-state index contributed by atoms with van der Waals surface area (Å²) in [6.07, 6.45) is 0.235. The first kappa shape index (κ1) is 25.9. The van der Waals surface area contributed by atoms with Gasteiger partial charge < -0.3 is 9.64 Å². The number of methoxy groups -OCH3 is 1. The molecule has 2 heterocycles. The van der Waals surface area contributed by atoms with Gasteiger partial charge in [-0.25, -0.2) is 8.42 Å². The summed E-state index contributed by atoms with van der Waals surface area (Å²) >= 11 is 9.38. The lowest BCUT2D eigenvalue weighted by molar-refractivity contribution is -0.165. The van der Waals surface area contributed by atoms with Gasteiger partial charge in [0, 0.05) is 34.9 Å². The van der Waals surface area contributed by atoms with E-state index in [4.69, 9.17) is 16.3 Å². The number of piperazine rings is 1. The Hall–Kier alpha value is -2.14. The third kappa shape index (κ3) is 4.45. The van der Waals surface area contributed by atoms with Gasteiger partial charge in [-0.2, -0.15) is 0 Å². The number of nitrogens with zero attached hydrogens (tertiary/aromatic N) is 2. The van der Waals surface area contributed by atoms with Gasteiger partial charge in [0.15, 0.2) is 0 Å². The number of rotatable bonds is 6. The zero-order chi connectivity index (χ0) is 25.5. The number of hydrogen-bond donors (Lipinski definition) is 1. The highest BCUT2D eigenvalue weighted by atomic mass is 79.9. The minimum atomic E-state index is -4.28. The Bertz CT molecular complexity index is 1250. The molecule has 0 bridgehead atoms. The lowest BCUT2D eigenvalue weighted by atomic mass is 9.97. The van der Waals surface area contributed by atoms with E-state index in [1.807, 2.05) is 13.8 Å². The van der Waals surface area contributed by atoms with Crippen LogP contribution >= 0.6 is 27.5 Å². The predicted octanol–water partition coefficient (Wildman–Crippen LogP) is 3.22. The summed E-state index contributed by atoms with van der Waals surface area (Å²) in [5, 5.41) is 3.68. The first-order valence-electron chi connectivity index (χ1n) is 11.2. The summed E-state index contributed by atoms with van der Waals surface area (Å²) in [5.41, 5.74) is 0.767. The third-order valence-electron chi connectivity index (χ3n) is 6.49. The number of benzene rings is 2. The molecule has 2 atom stereocenters. The van der Waals surface area contributed by atoms with E-state index >= 15 is 0 Å². The largest absolute Gasteiger partial charge is 0.495 e. The van der Waals surface area contributed by atoms with Gasteiger partial charge >= 0.3 is 0 Å². The first-order valence-corrected chi connectivity index (χ1v) is 13.9. The molecule has 11 heteroatoms. The maximum Gasteiger partial charge on any atom is 0.246 e. The van der Waals surface area contributed by atoms with Crippen molar-refractivity contribution in [3.05, 3.63) is 57.5 Å². The van der Waals surface area contributed by atoms with Crippen LogP contribution in [0.5, 0.6) is 5.75 Å². The number of sulfone groups is 1. The van der Waals surface area contributed by atoms with Crippen LogP contribution in [0.3, 0.4) is 0 Å².